The number of nitrogens with two attached hydrogens (primary N) is 1. The van der Waals surface area contributed by atoms with Crippen molar-refractivity contribution in [2.45, 2.75) is 37.1 Å². The fraction of sp³-hybridized carbons (Fsp3) is 0.500. The molecule has 6 N–H and O–H groups in total. The molecule has 11 heteroatoms. The predicted molar refractivity (Wildman–Crippen MR) is 87.4 cm³/mol. The van der Waals surface area contributed by atoms with Gasteiger partial charge < -0.3 is 30.8 Å². The van der Waals surface area contributed by atoms with E-state index in [0.29, 0.717) is 5.52 Å². The summed E-state index contributed by atoms with van der Waals surface area (Å²) in [6, 6.07) is 0. The van der Waals surface area contributed by atoms with E-state index in [9.17, 15) is 19.7 Å². The van der Waals surface area contributed by atoms with Crippen molar-refractivity contribution < 1.29 is 24.4 Å². The van der Waals surface area contributed by atoms with Gasteiger partial charge in [-0.1, -0.05) is 24.1 Å². The van der Waals surface area contributed by atoms with E-state index >= 15 is 0 Å². The summed E-state index contributed by atoms with van der Waals surface area (Å²) in [6.07, 6.45) is -3.85. The topological polar surface area (TPSA) is 142 Å². The summed E-state index contributed by atoms with van der Waals surface area (Å²) in [5.74, 6) is 4.39. The smallest absolute Gasteiger partial charge is 0.200 e. The summed E-state index contributed by atoms with van der Waals surface area (Å²) in [5, 5.41) is 31.1. The van der Waals surface area contributed by atoms with E-state index < -0.39 is 36.8 Å². The zero-order valence-electron chi connectivity index (χ0n) is 13.0. The Morgan fingerprint density at radius 2 is 2.36 bits per heavy atom. The Hall–Kier alpha value is -2.10. The highest BCUT2D eigenvalue weighted by Gasteiger charge is 2.57. The Kier molecular flexibility index (Phi) is 4.48. The van der Waals surface area contributed by atoms with Crippen LogP contribution in [0.25, 0.3) is 11.2 Å². The molecule has 0 spiro atoms. The highest BCUT2D eigenvalue weighted by molar-refractivity contribution is 7.71. The molecule has 1 fully saturated rings. The molecule has 0 amide bonds. The lowest BCUT2D eigenvalue weighted by molar-refractivity contribution is -0.0847. The summed E-state index contributed by atoms with van der Waals surface area (Å²) >= 11 is 5.09. The zero-order valence-corrected chi connectivity index (χ0v) is 13.9. The Morgan fingerprint density at radius 1 is 1.64 bits per heavy atom. The van der Waals surface area contributed by atoms with Crippen LogP contribution >= 0.6 is 12.2 Å². The number of aromatic amines is 1. The lowest BCUT2D eigenvalue weighted by Gasteiger charge is -2.26. The van der Waals surface area contributed by atoms with Crippen LogP contribution in [0.15, 0.2) is 6.33 Å². The Bertz CT molecular complexity index is 919. The van der Waals surface area contributed by atoms with Gasteiger partial charge in [-0.05, 0) is 6.92 Å². The number of ether oxygens (including phenoxy) is 1. The molecule has 3 rings (SSSR count). The van der Waals surface area contributed by atoms with E-state index in [0.717, 1.165) is 0 Å². The first-order valence-corrected chi connectivity index (χ1v) is 7.72. The van der Waals surface area contributed by atoms with Crippen LogP contribution in [0, 0.1) is 16.5 Å². The first kappa shape index (κ1) is 17.7. The molecule has 0 bridgehead atoms. The highest BCUT2D eigenvalue weighted by atomic mass is 32.1. The molecule has 9 nitrogen and oxygen atoms in total. The van der Waals surface area contributed by atoms with Crippen LogP contribution in [-0.2, 0) is 4.74 Å². The number of alkyl halides is 1. The molecular weight excluding hydrogens is 353 g/mol. The number of imidazole rings is 1. The Labute approximate surface area is 146 Å². The number of nitrogens with zero attached hydrogens (tertiary/aromatic N) is 3. The molecule has 0 aliphatic carbocycles. The van der Waals surface area contributed by atoms with Gasteiger partial charge in [0.2, 0.25) is 0 Å². The Morgan fingerprint density at radius 3 is 3.00 bits per heavy atom. The molecular formula is C14H16FN5O4S. The third-order valence-corrected chi connectivity index (χ3v) is 4.26. The van der Waals surface area contributed by atoms with Crippen LogP contribution in [0.1, 0.15) is 13.2 Å². The van der Waals surface area contributed by atoms with Crippen molar-refractivity contribution in [2.24, 2.45) is 0 Å². The number of anilines is 1. The number of fused-ring (bicyclic) bond motifs is 1. The van der Waals surface area contributed by atoms with Crippen molar-refractivity contribution in [1.29, 1.82) is 0 Å². The van der Waals surface area contributed by atoms with Gasteiger partial charge in [0.15, 0.2) is 22.4 Å². The van der Waals surface area contributed by atoms with Gasteiger partial charge in [0.05, 0.1) is 12.4 Å². The number of nitrogens with one attached hydrogen (secondary N) is 1. The second kappa shape index (κ2) is 6.32. The zero-order chi connectivity index (χ0) is 18.4. The second-order valence-electron chi connectivity index (χ2n) is 5.68. The predicted octanol–water partition coefficient (Wildman–Crippen LogP) is -0.586. The van der Waals surface area contributed by atoms with Crippen LogP contribution in [0.2, 0.25) is 0 Å². The van der Waals surface area contributed by atoms with Crippen LogP contribution in [0.5, 0.6) is 0 Å². The first-order valence-electron chi connectivity index (χ1n) is 7.32. The lowest BCUT2D eigenvalue weighted by Crippen LogP contribution is -2.47. The van der Waals surface area contributed by atoms with Gasteiger partial charge in [-0.3, -0.25) is 4.57 Å². The van der Waals surface area contributed by atoms with Crippen LogP contribution in [-0.4, -0.2) is 65.4 Å². The first-order chi connectivity index (χ1) is 11.8. The van der Waals surface area contributed by atoms with Gasteiger partial charge >= 0.3 is 0 Å². The van der Waals surface area contributed by atoms with E-state index in [1.807, 2.05) is 0 Å². The average molecular weight is 369 g/mol. The number of aliphatic hydroxyl groups is 3. The standard InChI is InChI=1S/C14H16FN5O4S/c1-6(21)8-9(22)14(23,3-2-4-15)12(24-8)20-5-17-7-10(20)18-13(16)19-11(7)25/h5-6,8-9,12,21-23H,4H2,1H3,(H3,16,18,19,25)/t6-,8-,9+,12-,14?/m1/s1. The van der Waals surface area contributed by atoms with E-state index in [1.165, 1.54) is 17.8 Å². The highest BCUT2D eigenvalue weighted by Crippen LogP contribution is 2.40. The van der Waals surface area contributed by atoms with E-state index in [4.69, 9.17) is 22.7 Å². The minimum atomic E-state index is -2.19. The van der Waals surface area contributed by atoms with E-state index in [2.05, 4.69) is 26.8 Å². The normalized spacial score (nSPS) is 30.2. The summed E-state index contributed by atoms with van der Waals surface area (Å²) < 4.78 is 19.6. The molecule has 1 unspecified atom stereocenters. The number of aromatic nitrogens is 4. The van der Waals surface area contributed by atoms with Crippen LogP contribution < -0.4 is 5.73 Å². The molecule has 1 aliphatic rings. The number of hydrogen-bond donors (Lipinski definition) is 5. The summed E-state index contributed by atoms with van der Waals surface area (Å²) in [5.41, 5.74) is 4.05. The fourth-order valence-electron chi connectivity index (χ4n) is 2.82. The molecule has 5 atom stereocenters. The number of H-pyrrole nitrogens is 1. The fourth-order valence-corrected chi connectivity index (χ4v) is 3.07. The number of rotatable bonds is 2. The monoisotopic (exact) mass is 369 g/mol. The molecule has 134 valence electrons. The maximum Gasteiger partial charge on any atom is 0.200 e. The van der Waals surface area contributed by atoms with Crippen molar-refractivity contribution >= 4 is 29.3 Å². The largest absolute Gasteiger partial charge is 0.391 e. The van der Waals surface area contributed by atoms with Gasteiger partial charge in [0, 0.05) is 0 Å². The minimum Gasteiger partial charge on any atom is -0.391 e. The van der Waals surface area contributed by atoms with E-state index in [-0.39, 0.29) is 16.2 Å². The third-order valence-electron chi connectivity index (χ3n) is 3.97. The van der Waals surface area contributed by atoms with Gasteiger partial charge in [-0.2, -0.15) is 0 Å². The number of halogens is 1. The van der Waals surface area contributed by atoms with Crippen molar-refractivity contribution in [3.8, 4) is 11.8 Å². The number of aliphatic hydroxyl groups excluding tert-OH is 2. The van der Waals surface area contributed by atoms with Gasteiger partial charge in [-0.25, -0.2) is 14.4 Å². The van der Waals surface area contributed by atoms with Crippen molar-refractivity contribution in [3.63, 3.8) is 0 Å². The van der Waals surface area contributed by atoms with Crippen LogP contribution in [0.3, 0.4) is 0 Å². The van der Waals surface area contributed by atoms with E-state index in [1.54, 1.807) is 0 Å². The molecule has 1 saturated heterocycles. The molecule has 0 saturated carbocycles. The maximum absolute atomic E-state index is 12.5. The average Bonchev–Trinajstić information content (AvgIpc) is 3.06. The molecule has 25 heavy (non-hydrogen) atoms. The van der Waals surface area contributed by atoms with Crippen LogP contribution in [0.4, 0.5) is 10.3 Å². The third kappa shape index (κ3) is 2.78. The Balaban J connectivity index is 2.18. The van der Waals surface area contributed by atoms with Crippen molar-refractivity contribution in [2.75, 3.05) is 12.4 Å². The molecule has 2 aromatic heterocycles. The van der Waals surface area contributed by atoms with Gasteiger partial charge in [0.25, 0.3) is 0 Å². The van der Waals surface area contributed by atoms with Gasteiger partial charge in [0.1, 0.15) is 30.0 Å². The lowest BCUT2D eigenvalue weighted by atomic mass is 9.93. The molecule has 3 heterocycles. The molecule has 2 aromatic rings. The molecule has 0 aromatic carbocycles. The summed E-state index contributed by atoms with van der Waals surface area (Å²) in [7, 11) is 0. The molecule has 1 aliphatic heterocycles. The van der Waals surface area contributed by atoms with Gasteiger partial charge in [-0.15, -0.1) is 0 Å². The molecule has 0 radical (unpaired) electrons. The summed E-state index contributed by atoms with van der Waals surface area (Å²) in [6.45, 7) is 0.367. The second-order valence-corrected chi connectivity index (χ2v) is 6.06. The number of nitrogen functional groups attached to an aromatic ring is 1. The number of hydrogen-bond acceptors (Lipinski definition) is 8. The van der Waals surface area contributed by atoms with Crippen molar-refractivity contribution in [1.82, 2.24) is 19.5 Å². The van der Waals surface area contributed by atoms with Crippen molar-refractivity contribution in [3.05, 3.63) is 11.0 Å². The quantitative estimate of drug-likeness (QED) is 0.349. The maximum atomic E-state index is 12.5. The minimum absolute atomic E-state index is 0.0169. The SMILES string of the molecule is C[C@@H](O)[C@H]1O[C@@H](n2cnc3c(=S)nc(N)[nH]c32)C(O)(C#CCF)[C@H]1O. The summed E-state index contributed by atoms with van der Waals surface area (Å²) in [4.78, 5) is 10.7.